The Hall–Kier alpha value is -7.89. The van der Waals surface area contributed by atoms with Gasteiger partial charge in [0.2, 0.25) is 0 Å². The van der Waals surface area contributed by atoms with E-state index in [1.807, 2.05) is 12.3 Å². The zero-order valence-corrected chi connectivity index (χ0v) is 38.4. The second kappa shape index (κ2) is 16.6. The summed E-state index contributed by atoms with van der Waals surface area (Å²) in [6.45, 7) is 14.1. The molecule has 322 valence electrons. The predicted octanol–water partition coefficient (Wildman–Crippen LogP) is 16.6. The number of aryl methyl sites for hydroxylation is 4. The first-order chi connectivity index (χ1) is 32.2. The Labute approximate surface area is 387 Å². The lowest BCUT2D eigenvalue weighted by molar-refractivity contribution is 0.483. The molecule has 0 atom stereocenters. The maximum Gasteiger partial charge on any atom is 0.138 e. The Bertz CT molecular complexity index is 3380. The number of benzene rings is 8. The van der Waals surface area contributed by atoms with Gasteiger partial charge in [0.1, 0.15) is 24.0 Å². The molecule has 0 spiro atoms. The number of anilines is 4. The van der Waals surface area contributed by atoms with Crippen LogP contribution in [0.1, 0.15) is 47.6 Å². The van der Waals surface area contributed by atoms with Crippen LogP contribution in [0.5, 0.6) is 11.5 Å². The molecule has 2 aromatic heterocycles. The van der Waals surface area contributed by atoms with Gasteiger partial charge in [0.15, 0.2) is 0 Å². The van der Waals surface area contributed by atoms with E-state index in [0.717, 1.165) is 50.4 Å². The molecule has 8 aromatic carbocycles. The van der Waals surface area contributed by atoms with Gasteiger partial charge in [0.25, 0.3) is 0 Å². The molecule has 0 radical (unpaired) electrons. The van der Waals surface area contributed by atoms with Crippen LogP contribution in [0.2, 0.25) is 0 Å². The third-order valence-electron chi connectivity index (χ3n) is 13.4. The molecule has 10 aromatic rings. The van der Waals surface area contributed by atoms with Gasteiger partial charge in [-0.05, 0) is 155 Å². The lowest BCUT2D eigenvalue weighted by Crippen LogP contribution is -2.24. The van der Waals surface area contributed by atoms with Gasteiger partial charge in [-0.25, -0.2) is 4.98 Å². The quantitative estimate of drug-likeness (QED) is 0.145. The fourth-order valence-electron chi connectivity index (χ4n) is 10.4. The van der Waals surface area contributed by atoms with E-state index in [0.29, 0.717) is 12.6 Å². The van der Waals surface area contributed by atoms with Crippen molar-refractivity contribution in [3.63, 3.8) is 0 Å². The van der Waals surface area contributed by atoms with E-state index < -0.39 is 0 Å². The van der Waals surface area contributed by atoms with Gasteiger partial charge < -0.3 is 14.5 Å². The first kappa shape index (κ1) is 40.9. The predicted molar refractivity (Wildman–Crippen MR) is 276 cm³/mol. The minimum atomic E-state index is 0.404. The van der Waals surface area contributed by atoms with Crippen molar-refractivity contribution >= 4 is 44.6 Å². The summed E-state index contributed by atoms with van der Waals surface area (Å²) in [6.07, 6.45) is 1.96. The van der Waals surface area contributed by atoms with Crippen molar-refractivity contribution in [3.8, 4) is 50.7 Å². The maximum atomic E-state index is 6.82. The summed E-state index contributed by atoms with van der Waals surface area (Å²) < 4.78 is 9.11. The van der Waals surface area contributed by atoms with Crippen LogP contribution in [0.25, 0.3) is 61.0 Å². The highest BCUT2D eigenvalue weighted by atomic mass is 16.5. The third-order valence-corrected chi connectivity index (χ3v) is 13.4. The summed E-state index contributed by atoms with van der Waals surface area (Å²) in [5.41, 5.74) is 20.4. The number of hydrogen-bond donors (Lipinski definition) is 0. The molecular formula is C61H52N4O. The van der Waals surface area contributed by atoms with Crippen molar-refractivity contribution in [2.45, 2.75) is 47.5 Å². The zero-order valence-electron chi connectivity index (χ0n) is 38.4. The largest absolute Gasteiger partial charge is 0.457 e. The van der Waals surface area contributed by atoms with Crippen LogP contribution >= 0.6 is 0 Å². The molecule has 0 saturated carbocycles. The van der Waals surface area contributed by atoms with Crippen LogP contribution < -0.4 is 14.5 Å². The molecule has 0 amide bonds. The monoisotopic (exact) mass is 856 g/mol. The van der Waals surface area contributed by atoms with Gasteiger partial charge in [-0.2, -0.15) is 0 Å². The number of fused-ring (bicyclic) bond motifs is 4. The van der Waals surface area contributed by atoms with E-state index in [1.54, 1.807) is 0 Å². The normalized spacial score (nSPS) is 12.4. The van der Waals surface area contributed by atoms with Crippen LogP contribution in [0, 0.1) is 27.7 Å². The van der Waals surface area contributed by atoms with E-state index in [9.17, 15) is 0 Å². The lowest BCUT2D eigenvalue weighted by atomic mass is 9.83. The standard InChI is InChI=1S/C61H52N4O/c1-39(2)48-23-7-9-27-53(48)64-38-63(55-29-11-12-30-56(55)64)45-21-15-22-46(36-45)66-47-31-32-50-49-24-8-10-28-54(49)65(57(50)37-47)58-35-44(33-34-62-58)61-51(59-40(3)17-13-18-41(59)4)25-16-26-52(61)60-42(5)19-14-20-43(60)6/h7-37,39H,38H2,1-6H3. The molecule has 0 aliphatic carbocycles. The first-order valence-electron chi connectivity index (χ1n) is 23.0. The van der Waals surface area contributed by atoms with Crippen molar-refractivity contribution in [1.82, 2.24) is 9.55 Å². The van der Waals surface area contributed by atoms with Crippen molar-refractivity contribution in [2.24, 2.45) is 0 Å². The highest BCUT2D eigenvalue weighted by Gasteiger charge is 2.30. The smallest absolute Gasteiger partial charge is 0.138 e. The van der Waals surface area contributed by atoms with Crippen LogP contribution in [-0.2, 0) is 0 Å². The average molecular weight is 857 g/mol. The molecule has 0 saturated heterocycles. The molecule has 0 unspecified atom stereocenters. The van der Waals surface area contributed by atoms with E-state index in [1.165, 1.54) is 72.7 Å². The molecular weight excluding hydrogens is 805 g/mol. The Morgan fingerprint density at radius 3 is 1.74 bits per heavy atom. The van der Waals surface area contributed by atoms with Crippen molar-refractivity contribution < 1.29 is 4.74 Å². The fourth-order valence-corrected chi connectivity index (χ4v) is 10.4. The van der Waals surface area contributed by atoms with Gasteiger partial charge in [0.05, 0.1) is 22.4 Å². The summed E-state index contributed by atoms with van der Waals surface area (Å²) in [4.78, 5) is 9.94. The molecule has 1 aliphatic heterocycles. The van der Waals surface area contributed by atoms with Crippen LogP contribution in [-0.4, -0.2) is 16.2 Å². The minimum Gasteiger partial charge on any atom is -0.457 e. The third kappa shape index (κ3) is 6.99. The lowest BCUT2D eigenvalue weighted by Gasteiger charge is -2.25. The maximum absolute atomic E-state index is 6.82. The Morgan fingerprint density at radius 2 is 1.05 bits per heavy atom. The number of para-hydroxylation sites is 4. The van der Waals surface area contributed by atoms with E-state index in [4.69, 9.17) is 9.72 Å². The van der Waals surface area contributed by atoms with Crippen molar-refractivity contribution in [1.29, 1.82) is 0 Å². The molecule has 1 aliphatic rings. The Kier molecular flexibility index (Phi) is 10.3. The van der Waals surface area contributed by atoms with Crippen LogP contribution in [0.3, 0.4) is 0 Å². The molecule has 3 heterocycles. The molecule has 0 bridgehead atoms. The number of pyridine rings is 1. The molecule has 5 heteroatoms. The number of rotatable bonds is 9. The molecule has 66 heavy (non-hydrogen) atoms. The molecule has 0 N–H and O–H groups in total. The van der Waals surface area contributed by atoms with E-state index in [2.05, 4.69) is 232 Å². The number of hydrogen-bond acceptors (Lipinski definition) is 4. The van der Waals surface area contributed by atoms with Gasteiger partial charge in [0, 0.05) is 40.5 Å². The summed E-state index contributed by atoms with van der Waals surface area (Å²) in [5.74, 6) is 2.78. The number of aromatic nitrogens is 2. The zero-order chi connectivity index (χ0) is 45.1. The average Bonchev–Trinajstić information content (AvgIpc) is 3.88. The summed E-state index contributed by atoms with van der Waals surface area (Å²) in [5, 5.41) is 2.30. The SMILES string of the molecule is Cc1cccc(C)c1-c1cccc(-c2c(C)cccc2C)c1-c1ccnc(-n2c3ccccc3c3ccc(Oc4cccc(N5CN(c6ccccc6C(C)C)c6ccccc65)c4)cc32)c1. The van der Waals surface area contributed by atoms with Gasteiger partial charge in [-0.15, -0.1) is 0 Å². The first-order valence-corrected chi connectivity index (χ1v) is 23.0. The molecule has 5 nitrogen and oxygen atoms in total. The summed E-state index contributed by atoms with van der Waals surface area (Å²) >= 11 is 0. The van der Waals surface area contributed by atoms with Crippen molar-refractivity contribution in [2.75, 3.05) is 16.5 Å². The minimum absolute atomic E-state index is 0.404. The summed E-state index contributed by atoms with van der Waals surface area (Å²) in [7, 11) is 0. The molecule has 0 fully saturated rings. The highest BCUT2D eigenvalue weighted by molar-refractivity contribution is 6.09. The fraction of sp³-hybridized carbons (Fsp3) is 0.131. The second-order valence-electron chi connectivity index (χ2n) is 18.0. The molecule has 11 rings (SSSR count). The topological polar surface area (TPSA) is 33.5 Å². The van der Waals surface area contributed by atoms with E-state index >= 15 is 0 Å². The Morgan fingerprint density at radius 1 is 0.470 bits per heavy atom. The number of ether oxygens (including phenoxy) is 1. The second-order valence-corrected chi connectivity index (χ2v) is 18.0. The van der Waals surface area contributed by atoms with E-state index in [-0.39, 0.29) is 0 Å². The van der Waals surface area contributed by atoms with Crippen LogP contribution in [0.4, 0.5) is 22.7 Å². The van der Waals surface area contributed by atoms with Crippen molar-refractivity contribution in [3.05, 3.63) is 216 Å². The highest BCUT2D eigenvalue weighted by Crippen LogP contribution is 2.48. The van der Waals surface area contributed by atoms with Crippen LogP contribution in [0.15, 0.2) is 188 Å². The van der Waals surface area contributed by atoms with Gasteiger partial charge >= 0.3 is 0 Å². The number of nitrogens with zero attached hydrogens (tertiary/aromatic N) is 4. The van der Waals surface area contributed by atoms with Gasteiger partial charge in [-0.1, -0.05) is 123 Å². The summed E-state index contributed by atoms with van der Waals surface area (Å²) in [6, 6.07) is 65.4. The van der Waals surface area contributed by atoms with Gasteiger partial charge in [-0.3, -0.25) is 4.57 Å². The Balaban J connectivity index is 1.01.